The molecule has 0 amide bonds. The predicted molar refractivity (Wildman–Crippen MR) is 52.5 cm³/mol. The Morgan fingerprint density at radius 1 is 1.36 bits per heavy atom. The lowest BCUT2D eigenvalue weighted by atomic mass is 9.68. The highest BCUT2D eigenvalue weighted by Gasteiger charge is 2.38. The van der Waals surface area contributed by atoms with E-state index in [-0.39, 0.29) is 11.7 Å². The summed E-state index contributed by atoms with van der Waals surface area (Å²) in [6.07, 6.45) is 1.52. The number of Topliss-reactive ketones (excluding diaryl/α,β-unsaturated/α-hetero) is 1. The van der Waals surface area contributed by atoms with Crippen molar-refractivity contribution < 1.29 is 9.18 Å². The van der Waals surface area contributed by atoms with E-state index in [4.69, 9.17) is 0 Å². The normalized spacial score (nSPS) is 26.0. The first-order chi connectivity index (χ1) is 6.72. The summed E-state index contributed by atoms with van der Waals surface area (Å²) in [6.45, 7) is 2.03. The van der Waals surface area contributed by atoms with Gasteiger partial charge in [0.2, 0.25) is 0 Å². The van der Waals surface area contributed by atoms with Crippen LogP contribution in [0.5, 0.6) is 0 Å². The molecule has 1 aromatic rings. The number of carbonyl (C=O) groups excluding carboxylic acids is 1. The van der Waals surface area contributed by atoms with Crippen LogP contribution in [0.15, 0.2) is 24.3 Å². The van der Waals surface area contributed by atoms with Gasteiger partial charge in [-0.1, -0.05) is 19.1 Å². The van der Waals surface area contributed by atoms with Gasteiger partial charge >= 0.3 is 0 Å². The van der Waals surface area contributed by atoms with Gasteiger partial charge in [-0.2, -0.15) is 0 Å². The lowest BCUT2D eigenvalue weighted by Crippen LogP contribution is -2.34. The minimum absolute atomic E-state index is 0.167. The summed E-state index contributed by atoms with van der Waals surface area (Å²) >= 11 is 0. The monoisotopic (exact) mass is 192 g/mol. The van der Waals surface area contributed by atoms with E-state index < -0.39 is 0 Å². The first-order valence-corrected chi connectivity index (χ1v) is 5.00. The van der Waals surface area contributed by atoms with Crippen molar-refractivity contribution in [3.63, 3.8) is 0 Å². The smallest absolute Gasteiger partial charge is 0.137 e. The number of hydrogen-bond donors (Lipinski definition) is 0. The summed E-state index contributed by atoms with van der Waals surface area (Å²) in [6, 6.07) is 6.50. The van der Waals surface area contributed by atoms with Crippen molar-refractivity contribution >= 4 is 5.78 Å². The van der Waals surface area contributed by atoms with E-state index in [1.165, 1.54) is 12.1 Å². The van der Waals surface area contributed by atoms with Gasteiger partial charge in [-0.15, -0.1) is 0 Å². The summed E-state index contributed by atoms with van der Waals surface area (Å²) in [5.41, 5.74) is 1.10. The van der Waals surface area contributed by atoms with Gasteiger partial charge in [0.1, 0.15) is 11.6 Å². The Kier molecular flexibility index (Phi) is 2.36. The molecule has 2 atom stereocenters. The van der Waals surface area contributed by atoms with E-state index in [1.807, 2.05) is 6.92 Å². The topological polar surface area (TPSA) is 17.1 Å². The molecule has 0 aromatic heterocycles. The Morgan fingerprint density at radius 3 is 2.50 bits per heavy atom. The number of ketones is 1. The van der Waals surface area contributed by atoms with Crippen LogP contribution in [0.4, 0.5) is 4.39 Å². The molecule has 0 heterocycles. The highest BCUT2D eigenvalue weighted by Crippen LogP contribution is 2.41. The largest absolute Gasteiger partial charge is 0.299 e. The fraction of sp³-hybridized carbons (Fsp3) is 0.417. The van der Waals surface area contributed by atoms with Crippen LogP contribution in [-0.2, 0) is 4.79 Å². The van der Waals surface area contributed by atoms with Crippen LogP contribution in [0.2, 0.25) is 0 Å². The molecule has 1 aliphatic rings. The van der Waals surface area contributed by atoms with Crippen molar-refractivity contribution in [2.24, 2.45) is 5.92 Å². The van der Waals surface area contributed by atoms with Crippen LogP contribution in [0.3, 0.4) is 0 Å². The summed E-state index contributed by atoms with van der Waals surface area (Å²) < 4.78 is 12.7. The maximum atomic E-state index is 12.7. The second-order valence-electron chi connectivity index (χ2n) is 3.84. The standard InChI is InChI=1S/C12H13FO/c1-2-10-11(7-12(10)14)8-3-5-9(13)6-4-8/h3-6,10-11H,2,7H2,1H3. The molecule has 2 unspecified atom stereocenters. The number of hydrogen-bond acceptors (Lipinski definition) is 1. The van der Waals surface area contributed by atoms with Crippen LogP contribution in [0, 0.1) is 11.7 Å². The van der Waals surface area contributed by atoms with Gasteiger partial charge in [-0.3, -0.25) is 4.79 Å². The van der Waals surface area contributed by atoms with Crippen LogP contribution >= 0.6 is 0 Å². The molecule has 0 N–H and O–H groups in total. The summed E-state index contributed by atoms with van der Waals surface area (Å²) in [5, 5.41) is 0. The van der Waals surface area contributed by atoms with Crippen LogP contribution < -0.4 is 0 Å². The molecule has 0 radical (unpaired) electrons. The second-order valence-corrected chi connectivity index (χ2v) is 3.84. The van der Waals surface area contributed by atoms with Crippen LogP contribution in [-0.4, -0.2) is 5.78 Å². The Labute approximate surface area is 82.9 Å². The fourth-order valence-corrected chi connectivity index (χ4v) is 2.15. The van der Waals surface area contributed by atoms with Gasteiger partial charge in [-0.05, 0) is 24.1 Å². The molecule has 1 fully saturated rings. The average molecular weight is 192 g/mol. The number of halogens is 1. The average Bonchev–Trinajstić information content (AvgIpc) is 2.16. The van der Waals surface area contributed by atoms with Crippen molar-refractivity contribution in [1.29, 1.82) is 0 Å². The van der Waals surface area contributed by atoms with E-state index in [0.717, 1.165) is 12.0 Å². The fourth-order valence-electron chi connectivity index (χ4n) is 2.15. The molecule has 0 aliphatic heterocycles. The third-order valence-corrected chi connectivity index (χ3v) is 3.06. The molecule has 0 bridgehead atoms. The maximum absolute atomic E-state index is 12.7. The second kappa shape index (κ2) is 3.52. The zero-order valence-corrected chi connectivity index (χ0v) is 8.16. The predicted octanol–water partition coefficient (Wildman–Crippen LogP) is 2.91. The number of benzene rings is 1. The lowest BCUT2D eigenvalue weighted by Gasteiger charge is -2.34. The molecule has 1 aromatic carbocycles. The minimum atomic E-state index is -0.215. The molecule has 74 valence electrons. The molecule has 1 aliphatic carbocycles. The van der Waals surface area contributed by atoms with Gasteiger partial charge in [-0.25, -0.2) is 4.39 Å². The van der Waals surface area contributed by atoms with Gasteiger partial charge < -0.3 is 0 Å². The minimum Gasteiger partial charge on any atom is -0.299 e. The van der Waals surface area contributed by atoms with Crippen molar-refractivity contribution in [3.8, 4) is 0 Å². The Balaban J connectivity index is 2.17. The van der Waals surface area contributed by atoms with Crippen LogP contribution in [0.25, 0.3) is 0 Å². The van der Waals surface area contributed by atoms with Gasteiger partial charge in [0.15, 0.2) is 0 Å². The van der Waals surface area contributed by atoms with Crippen molar-refractivity contribution in [3.05, 3.63) is 35.6 Å². The lowest BCUT2D eigenvalue weighted by molar-refractivity contribution is -0.131. The first-order valence-electron chi connectivity index (χ1n) is 5.00. The zero-order valence-electron chi connectivity index (χ0n) is 8.16. The SMILES string of the molecule is CCC1C(=O)CC1c1ccc(F)cc1. The van der Waals surface area contributed by atoms with E-state index in [9.17, 15) is 9.18 Å². The highest BCUT2D eigenvalue weighted by atomic mass is 19.1. The quantitative estimate of drug-likeness (QED) is 0.704. The summed E-state index contributed by atoms with van der Waals surface area (Å²) in [4.78, 5) is 11.2. The van der Waals surface area contributed by atoms with Crippen molar-refractivity contribution in [1.82, 2.24) is 0 Å². The third kappa shape index (κ3) is 1.45. The Bertz CT molecular complexity index is 342. The molecule has 1 saturated carbocycles. The Hall–Kier alpha value is -1.18. The molecule has 2 rings (SSSR count). The molecule has 0 spiro atoms. The summed E-state index contributed by atoms with van der Waals surface area (Å²) in [5.74, 6) is 0.628. The molecule has 14 heavy (non-hydrogen) atoms. The van der Waals surface area contributed by atoms with Gasteiger partial charge in [0.25, 0.3) is 0 Å². The molecule has 0 saturated heterocycles. The molecular weight excluding hydrogens is 179 g/mol. The number of rotatable bonds is 2. The van der Waals surface area contributed by atoms with E-state index in [2.05, 4.69) is 0 Å². The zero-order chi connectivity index (χ0) is 10.1. The maximum Gasteiger partial charge on any atom is 0.137 e. The number of carbonyl (C=O) groups is 1. The Morgan fingerprint density at radius 2 is 2.00 bits per heavy atom. The van der Waals surface area contributed by atoms with Gasteiger partial charge in [0.05, 0.1) is 0 Å². The van der Waals surface area contributed by atoms with Gasteiger partial charge in [0, 0.05) is 18.3 Å². The van der Waals surface area contributed by atoms with E-state index in [0.29, 0.717) is 18.1 Å². The molecule has 1 nitrogen and oxygen atoms in total. The van der Waals surface area contributed by atoms with E-state index in [1.54, 1.807) is 12.1 Å². The third-order valence-electron chi connectivity index (χ3n) is 3.06. The first kappa shape index (κ1) is 9.38. The molecule has 2 heteroatoms. The van der Waals surface area contributed by atoms with Crippen molar-refractivity contribution in [2.45, 2.75) is 25.7 Å². The summed E-state index contributed by atoms with van der Waals surface area (Å²) in [7, 11) is 0. The molecular formula is C12H13FO. The van der Waals surface area contributed by atoms with Crippen LogP contribution in [0.1, 0.15) is 31.2 Å². The highest BCUT2D eigenvalue weighted by molar-refractivity contribution is 5.89. The van der Waals surface area contributed by atoms with Crippen molar-refractivity contribution in [2.75, 3.05) is 0 Å². The van der Waals surface area contributed by atoms with E-state index >= 15 is 0 Å².